The Morgan fingerprint density at radius 2 is 0.791 bits per heavy atom. The lowest BCUT2D eigenvalue weighted by molar-refractivity contribution is -0.164. The van der Waals surface area contributed by atoms with Crippen molar-refractivity contribution in [1.29, 1.82) is 0 Å². The van der Waals surface area contributed by atoms with Gasteiger partial charge in [-0.05, 0) is 110 Å². The van der Waals surface area contributed by atoms with Crippen molar-refractivity contribution in [2.24, 2.45) is 0 Å². The average molecular weight is 1590 g/mol. The minimum absolute atomic E-state index is 0.0159. The van der Waals surface area contributed by atoms with Crippen LogP contribution < -0.4 is 46.8 Å². The molecule has 0 bridgehead atoms. The van der Waals surface area contributed by atoms with E-state index in [4.69, 9.17) is 73.4 Å². The SMILES string of the molecule is COCCN1OC[C@@H](NC(=O)c2ccc(C)c(-n3cnc(OCc4ccc(F)cc4F)c(Cl)c3=O)c2)C1=O.Cc1ccc(C(=O)N[C@@H]2CON(C)C2=O)cc1-n1cnc(OCc2ccc(F)cc2F)c(Cl)c1=O.Cc1ccc(C(=O)N[C@@H]2CON(CCO)C2=O)cc1-n1cnc(OCc2ccc(F)cc2F)c(Cl)c1=O. The molecule has 38 heteroatoms. The predicted octanol–water partition coefficient (Wildman–Crippen LogP) is 7.04. The largest absolute Gasteiger partial charge is 0.471 e. The van der Waals surface area contributed by atoms with Crippen molar-refractivity contribution < 1.29 is 93.7 Å². The highest BCUT2D eigenvalue weighted by molar-refractivity contribution is 6.32. The van der Waals surface area contributed by atoms with Gasteiger partial charge in [0.1, 0.15) is 112 Å². The van der Waals surface area contributed by atoms with E-state index < -0.39 is 99.2 Å². The summed E-state index contributed by atoms with van der Waals surface area (Å²) >= 11 is 18.5. The van der Waals surface area contributed by atoms with Crippen molar-refractivity contribution in [3.05, 3.63) is 259 Å². The summed E-state index contributed by atoms with van der Waals surface area (Å²) in [5.74, 6) is -8.27. The number of likely N-dealkylation sites (N-methyl/N-ethyl adjacent to an activating group) is 1. The van der Waals surface area contributed by atoms with Gasteiger partial charge < -0.3 is 40.0 Å². The van der Waals surface area contributed by atoms with Crippen LogP contribution in [0, 0.1) is 55.7 Å². The van der Waals surface area contributed by atoms with Gasteiger partial charge in [0.15, 0.2) is 15.1 Å². The van der Waals surface area contributed by atoms with E-state index >= 15 is 0 Å². The minimum Gasteiger partial charge on any atom is -0.471 e. The number of carbonyl (C=O) groups excluding carboxylic acids is 6. The lowest BCUT2D eigenvalue weighted by Crippen LogP contribution is -2.43. The first kappa shape index (κ1) is 81.0. The Bertz CT molecular complexity index is 5240. The number of nitrogens with one attached hydrogen (secondary N) is 3. The fraction of sp³-hybridized carbons (Fsp3) is 0.250. The van der Waals surface area contributed by atoms with E-state index in [1.165, 1.54) is 56.6 Å². The van der Waals surface area contributed by atoms with Crippen LogP contribution >= 0.6 is 34.8 Å². The lowest BCUT2D eigenvalue weighted by atomic mass is 10.1. The summed E-state index contributed by atoms with van der Waals surface area (Å²) in [5.41, 5.74) is 1.47. The number of aliphatic hydroxyl groups excluding tert-OH is 1. The number of benzene rings is 6. The molecule has 3 fully saturated rings. The molecule has 9 aromatic rings. The zero-order chi connectivity index (χ0) is 79.4. The molecule has 6 amide bonds. The number of hydroxylamine groups is 6. The van der Waals surface area contributed by atoms with Crippen LogP contribution in [0.1, 0.15) is 64.5 Å². The number of carbonyl (C=O) groups is 6. The van der Waals surface area contributed by atoms with Gasteiger partial charge in [-0.2, -0.15) is 0 Å². The van der Waals surface area contributed by atoms with Crippen LogP contribution in [0.15, 0.2) is 143 Å². The molecule has 3 aliphatic heterocycles. The Kier molecular flexibility index (Phi) is 26.6. The summed E-state index contributed by atoms with van der Waals surface area (Å²) < 4.78 is 105. The molecule has 6 aromatic carbocycles. The summed E-state index contributed by atoms with van der Waals surface area (Å²) in [4.78, 5) is 142. The number of hydrogen-bond acceptors (Lipinski definition) is 20. The van der Waals surface area contributed by atoms with E-state index in [0.717, 1.165) is 66.1 Å². The molecule has 4 N–H and O–H groups in total. The molecule has 6 heterocycles. The second-order valence-corrected chi connectivity index (χ2v) is 25.2. The normalized spacial score (nSPS) is 15.2. The number of halogens is 9. The van der Waals surface area contributed by atoms with Crippen LogP contribution in [0.2, 0.25) is 15.1 Å². The predicted molar refractivity (Wildman–Crippen MR) is 378 cm³/mol. The molecule has 0 saturated carbocycles. The molecule has 576 valence electrons. The Balaban J connectivity index is 0.000000176. The number of nitrogens with zero attached hydrogens (tertiary/aromatic N) is 9. The first-order valence-corrected chi connectivity index (χ1v) is 33.8. The van der Waals surface area contributed by atoms with E-state index in [1.54, 1.807) is 51.1 Å². The van der Waals surface area contributed by atoms with Gasteiger partial charge in [0, 0.05) is 65.7 Å². The van der Waals surface area contributed by atoms with E-state index in [9.17, 15) is 69.5 Å². The zero-order valence-electron chi connectivity index (χ0n) is 58.3. The van der Waals surface area contributed by atoms with Crippen molar-refractivity contribution in [2.45, 2.75) is 58.7 Å². The third-order valence-corrected chi connectivity index (χ3v) is 17.6. The standard InChI is InChI=1S/C25H23ClF2N4O6.C24H21ClF2N4O6.C23H19ClF2N4O5/c1-14-3-4-15(22(33)30-19-12-38-32(24(19)34)7-8-36-2)9-20(14)31-13-29-23(21(26)25(31)35)37-11-16-5-6-17(27)10-18(16)28;1-13-2-3-14(21(33)29-18-11-37-31(6-7-32)23(18)34)8-19(13)30-12-28-22(20(25)24(30)35)36-10-15-4-5-16(26)9-17(15)27;1-12-3-4-13(20(31)28-17-10-35-29(2)22(17)32)7-18(12)30-11-27-21(19(24)23(30)33)34-9-14-5-6-15(25)8-16(14)26/h3-6,9-10,13,19H,7-8,11-12H2,1-2H3,(H,30,33);2-5,8-9,12,18,32H,6-7,10-11H2,1H3,(H,29,33);3-8,11,17H,9-10H2,1-2H3,(H,28,31)/t19-;18-;17-/m111/s1. The van der Waals surface area contributed by atoms with Crippen LogP contribution in [0.4, 0.5) is 26.3 Å². The van der Waals surface area contributed by atoms with Gasteiger partial charge in [-0.25, -0.2) is 56.5 Å². The molecule has 110 heavy (non-hydrogen) atoms. The maximum absolute atomic E-state index is 13.9. The molecule has 12 rings (SSSR count). The maximum Gasteiger partial charge on any atom is 0.280 e. The monoisotopic (exact) mass is 1590 g/mol. The Morgan fingerprint density at radius 3 is 1.09 bits per heavy atom. The van der Waals surface area contributed by atoms with Crippen LogP contribution in [-0.2, 0) is 53.5 Å². The van der Waals surface area contributed by atoms with Gasteiger partial charge in [-0.15, -0.1) is 0 Å². The summed E-state index contributed by atoms with van der Waals surface area (Å²) in [7, 11) is 2.95. The molecular weight excluding hydrogens is 1530 g/mol. The summed E-state index contributed by atoms with van der Waals surface area (Å²) in [6.45, 7) is 4.29. The molecule has 0 aliphatic carbocycles. The second kappa shape index (κ2) is 36.1. The topological polar surface area (TPSA) is 338 Å². The van der Waals surface area contributed by atoms with Gasteiger partial charge in [-0.3, -0.25) is 71.4 Å². The molecule has 3 atom stereocenters. The highest BCUT2D eigenvalue weighted by Gasteiger charge is 2.37. The zero-order valence-corrected chi connectivity index (χ0v) is 60.6. The van der Waals surface area contributed by atoms with Gasteiger partial charge in [0.05, 0.1) is 43.4 Å². The fourth-order valence-corrected chi connectivity index (χ4v) is 11.2. The van der Waals surface area contributed by atoms with Crippen molar-refractivity contribution >= 4 is 70.2 Å². The van der Waals surface area contributed by atoms with E-state index in [2.05, 4.69) is 30.9 Å². The minimum atomic E-state index is -0.926. The van der Waals surface area contributed by atoms with Gasteiger partial charge in [0.25, 0.3) is 52.1 Å². The van der Waals surface area contributed by atoms with Crippen molar-refractivity contribution in [3.63, 3.8) is 0 Å². The first-order chi connectivity index (χ1) is 52.5. The Labute approximate surface area is 633 Å². The highest BCUT2D eigenvalue weighted by atomic mass is 35.5. The number of amides is 6. The smallest absolute Gasteiger partial charge is 0.280 e. The number of aromatic nitrogens is 6. The van der Waals surface area contributed by atoms with Crippen molar-refractivity contribution in [3.8, 4) is 34.7 Å². The number of methoxy groups -OCH3 is 1. The first-order valence-electron chi connectivity index (χ1n) is 32.7. The van der Waals surface area contributed by atoms with E-state index in [0.29, 0.717) is 52.0 Å². The Hall–Kier alpha value is -11.6. The number of β-amino-alcohol motifs (C(OH)–C–C–N with tert-alkyl or cyclic N) is 1. The highest BCUT2D eigenvalue weighted by Crippen LogP contribution is 2.27. The maximum atomic E-state index is 13.9. The molecule has 29 nitrogen and oxygen atoms in total. The molecule has 0 spiro atoms. The molecule has 3 aromatic heterocycles. The van der Waals surface area contributed by atoms with Gasteiger partial charge in [0.2, 0.25) is 17.6 Å². The molecule has 0 radical (unpaired) electrons. The third-order valence-electron chi connectivity index (χ3n) is 16.6. The lowest BCUT2D eigenvalue weighted by Gasteiger charge is -2.15. The number of ether oxygens (including phenoxy) is 4. The van der Waals surface area contributed by atoms with Crippen molar-refractivity contribution in [2.75, 3.05) is 60.3 Å². The fourth-order valence-electron chi connectivity index (χ4n) is 10.6. The second-order valence-electron chi connectivity index (χ2n) is 24.1. The molecule has 0 unspecified atom stereocenters. The van der Waals surface area contributed by atoms with E-state index in [1.807, 2.05) is 0 Å². The quantitative estimate of drug-likeness (QED) is 0.0466. The summed E-state index contributed by atoms with van der Waals surface area (Å²) in [5, 5.41) is 18.8. The third kappa shape index (κ3) is 19.1. The molecule has 3 aliphatic rings. The number of aliphatic hydroxyl groups is 1. The number of aryl methyl sites for hydroxylation is 3. The van der Waals surface area contributed by atoms with E-state index in [-0.39, 0.29) is 138 Å². The Morgan fingerprint density at radius 1 is 0.473 bits per heavy atom. The van der Waals surface area contributed by atoms with Gasteiger partial charge in [-0.1, -0.05) is 53.0 Å². The van der Waals surface area contributed by atoms with Crippen LogP contribution in [0.3, 0.4) is 0 Å². The van der Waals surface area contributed by atoms with Gasteiger partial charge >= 0.3 is 0 Å². The van der Waals surface area contributed by atoms with Crippen LogP contribution in [0.5, 0.6) is 17.6 Å². The summed E-state index contributed by atoms with van der Waals surface area (Å²) in [6, 6.07) is 20.2. The van der Waals surface area contributed by atoms with Crippen LogP contribution in [0.25, 0.3) is 17.1 Å². The number of hydrogen-bond donors (Lipinski definition) is 4. The summed E-state index contributed by atoms with van der Waals surface area (Å²) in [6.07, 6.45) is 3.48. The average Bonchev–Trinajstić information content (AvgIpc) is 1.16. The molecular formula is C72H63Cl3F6N12O17. The van der Waals surface area contributed by atoms with Crippen LogP contribution in [-0.4, -0.2) is 163 Å². The number of rotatable bonds is 23. The molecule has 3 saturated heterocycles. The van der Waals surface area contributed by atoms with Crippen molar-refractivity contribution in [1.82, 2.24) is 59.8 Å².